The Morgan fingerprint density at radius 2 is 1.20 bits per heavy atom. The Labute approximate surface area is 318 Å². The number of nitrogens with two attached hydrogens (primary N) is 2. The molecule has 7 rings (SSSR count). The molecular formula is C47H46N6O. The molecular weight excluding hydrogens is 665 g/mol. The second kappa shape index (κ2) is 15.0. The molecule has 0 spiro atoms. The third-order valence-electron chi connectivity index (χ3n) is 10.6. The average Bonchev–Trinajstić information content (AvgIpc) is 3.18. The Bertz CT molecular complexity index is 2410. The van der Waals surface area contributed by atoms with Gasteiger partial charge in [0.15, 0.2) is 0 Å². The van der Waals surface area contributed by atoms with Crippen molar-refractivity contribution in [3.05, 3.63) is 147 Å². The second-order valence-electron chi connectivity index (χ2n) is 14.1. The number of hydrogen-bond acceptors (Lipinski definition) is 5. The summed E-state index contributed by atoms with van der Waals surface area (Å²) in [4.78, 5) is 6.15. The number of fused-ring (bicyclic) bond motifs is 4. The summed E-state index contributed by atoms with van der Waals surface area (Å²) < 4.78 is 2.45. The number of nitrogens with zero attached hydrogens (tertiary/aromatic N) is 4. The van der Waals surface area contributed by atoms with Crippen LogP contribution in [0.25, 0.3) is 37.5 Å². The van der Waals surface area contributed by atoms with Crippen molar-refractivity contribution in [2.75, 3.05) is 42.5 Å². The monoisotopic (exact) mass is 710 g/mol. The molecule has 0 fully saturated rings. The molecule has 0 heterocycles. The van der Waals surface area contributed by atoms with Gasteiger partial charge in [-0.05, 0) is 65.0 Å². The topological polar surface area (TPSA) is 109 Å². The first-order valence-corrected chi connectivity index (χ1v) is 19.1. The lowest BCUT2D eigenvalue weighted by Crippen LogP contribution is -2.31. The maximum absolute atomic E-state index is 15.3. The second-order valence-corrected chi connectivity index (χ2v) is 14.1. The van der Waals surface area contributed by atoms with Crippen LogP contribution in [0.2, 0.25) is 0 Å². The van der Waals surface area contributed by atoms with Gasteiger partial charge < -0.3 is 21.5 Å². The molecule has 4 N–H and O–H groups in total. The van der Waals surface area contributed by atoms with E-state index in [1.807, 2.05) is 48.5 Å². The molecule has 5 aromatic carbocycles. The fourth-order valence-corrected chi connectivity index (χ4v) is 8.68. The van der Waals surface area contributed by atoms with Crippen molar-refractivity contribution in [3.63, 3.8) is 0 Å². The maximum atomic E-state index is 15.3. The van der Waals surface area contributed by atoms with Crippen molar-refractivity contribution in [2.45, 2.75) is 53.4 Å². The van der Waals surface area contributed by atoms with E-state index < -0.39 is 0 Å². The summed E-state index contributed by atoms with van der Waals surface area (Å²) in [5, 5.41) is 29.1. The number of hydrogen-bond donors (Lipinski definition) is 2. The van der Waals surface area contributed by atoms with E-state index in [-0.39, 0.29) is 11.5 Å². The van der Waals surface area contributed by atoms with Gasteiger partial charge >= 0.3 is 0 Å². The molecule has 270 valence electrons. The molecule has 7 heteroatoms. The summed E-state index contributed by atoms with van der Waals surface area (Å²) in [5.74, 6) is -0.232. The summed E-state index contributed by atoms with van der Waals surface area (Å²) in [7, 11) is 0. The van der Waals surface area contributed by atoms with Crippen LogP contribution < -0.4 is 21.5 Å². The van der Waals surface area contributed by atoms with Crippen LogP contribution in [-0.2, 0) is 0 Å². The van der Waals surface area contributed by atoms with Crippen molar-refractivity contribution < 1.29 is 9.68 Å². The van der Waals surface area contributed by atoms with Gasteiger partial charge in [-0.15, -0.1) is 0 Å². The van der Waals surface area contributed by atoms with E-state index in [2.05, 4.69) is 84.5 Å². The minimum absolute atomic E-state index is 0.136. The Hall–Kier alpha value is -6.31. The van der Waals surface area contributed by atoms with Crippen LogP contribution in [0.5, 0.6) is 0 Å². The van der Waals surface area contributed by atoms with Gasteiger partial charge in [-0.3, -0.25) is 0 Å². The van der Waals surface area contributed by atoms with Crippen LogP contribution in [0.3, 0.4) is 0 Å². The van der Waals surface area contributed by atoms with Crippen LogP contribution in [0.15, 0.2) is 108 Å². The van der Waals surface area contributed by atoms with Gasteiger partial charge in [-0.2, -0.15) is 0 Å². The van der Waals surface area contributed by atoms with Crippen LogP contribution in [0.4, 0.5) is 17.1 Å². The van der Waals surface area contributed by atoms with Gasteiger partial charge in [0.25, 0.3) is 5.70 Å². The molecule has 5 aromatic rings. The molecule has 0 unspecified atom stereocenters. The molecule has 0 saturated heterocycles. The molecule has 54 heavy (non-hydrogen) atoms. The SMILES string of the molecule is [C-]#[N+]/C(C#N)=C1\C(=C2c3ccccc3C(=[N+](CCC)CCC)c3ccccc32)C([O-])=C1c1c2c(N)cccc2c(N(CCC)CCC)c2cccc(N)c12. The highest BCUT2D eigenvalue weighted by atomic mass is 16.3. The van der Waals surface area contributed by atoms with Crippen molar-refractivity contribution in [2.24, 2.45) is 0 Å². The zero-order valence-corrected chi connectivity index (χ0v) is 31.6. The molecule has 2 aliphatic carbocycles. The van der Waals surface area contributed by atoms with Crippen LogP contribution in [0, 0.1) is 17.9 Å². The van der Waals surface area contributed by atoms with Crippen molar-refractivity contribution in [3.8, 4) is 6.07 Å². The largest absolute Gasteiger partial charge is 0.872 e. The predicted molar refractivity (Wildman–Crippen MR) is 222 cm³/mol. The molecule has 7 nitrogen and oxygen atoms in total. The quantitative estimate of drug-likeness (QED) is 0.0485. The van der Waals surface area contributed by atoms with E-state index in [4.69, 9.17) is 18.0 Å². The summed E-state index contributed by atoms with van der Waals surface area (Å²) >= 11 is 0. The Morgan fingerprint density at radius 3 is 1.65 bits per heavy atom. The Kier molecular flexibility index (Phi) is 10.00. The van der Waals surface area contributed by atoms with Crippen LogP contribution in [-0.4, -0.2) is 36.5 Å². The van der Waals surface area contributed by atoms with E-state index in [9.17, 15) is 5.26 Å². The normalized spacial score (nSPS) is 14.4. The minimum Gasteiger partial charge on any atom is -0.872 e. The first-order valence-electron chi connectivity index (χ1n) is 19.1. The van der Waals surface area contributed by atoms with E-state index in [1.54, 1.807) is 0 Å². The smallest absolute Gasteiger partial charge is 0.270 e. The van der Waals surface area contributed by atoms with Gasteiger partial charge in [0.05, 0.1) is 29.5 Å². The van der Waals surface area contributed by atoms with Gasteiger partial charge in [0.1, 0.15) is 13.1 Å². The van der Waals surface area contributed by atoms with Gasteiger partial charge in [-0.1, -0.05) is 94.1 Å². The highest BCUT2D eigenvalue weighted by Gasteiger charge is 2.39. The third-order valence-corrected chi connectivity index (χ3v) is 10.6. The van der Waals surface area contributed by atoms with Crippen LogP contribution >= 0.6 is 0 Å². The van der Waals surface area contributed by atoms with Crippen molar-refractivity contribution in [1.29, 1.82) is 5.26 Å². The standard InChI is InChI=1S/C47H46N6O/c1-6-24-52(25-7-2)45-31-18-12-10-16-29(31)38(30-17-11-13-19-32(30)45)43-41(37(28-48)51-5)44(47(43)54)42-39-33(20-14-22-35(39)49)46(53(26-8-3)27-9-4)34-21-15-23-36(50)40(34)42/h10-23H,6-9,24-27,49-50H2,1-4H3/b41-37+. The lowest BCUT2D eigenvalue weighted by Gasteiger charge is -2.41. The fourth-order valence-electron chi connectivity index (χ4n) is 8.68. The zero-order chi connectivity index (χ0) is 38.1. The summed E-state index contributed by atoms with van der Waals surface area (Å²) in [6, 6.07) is 30.3. The minimum atomic E-state index is -0.232. The number of allylic oxidation sites excluding steroid dienone is 3. The number of anilines is 3. The fraction of sp³-hybridized carbons (Fsp3) is 0.255. The van der Waals surface area contributed by atoms with E-state index in [0.29, 0.717) is 44.4 Å². The summed E-state index contributed by atoms with van der Waals surface area (Å²) in [5.41, 5.74) is 23.1. The van der Waals surface area contributed by atoms with Crippen molar-refractivity contribution >= 4 is 55.5 Å². The molecule has 2 aliphatic rings. The molecule has 0 bridgehead atoms. The number of benzene rings is 5. The summed E-state index contributed by atoms with van der Waals surface area (Å²) in [6.07, 6.45) is 3.87. The third kappa shape index (κ3) is 5.60. The number of rotatable bonds is 10. The molecule has 0 aromatic heterocycles. The number of nitrogen functional groups attached to an aromatic ring is 2. The average molecular weight is 711 g/mol. The van der Waals surface area contributed by atoms with E-state index in [1.165, 1.54) is 0 Å². The number of nitriles is 1. The molecule has 0 amide bonds. The highest BCUT2D eigenvalue weighted by molar-refractivity contribution is 6.28. The predicted octanol–water partition coefficient (Wildman–Crippen LogP) is 9.05. The molecule has 0 aliphatic heterocycles. The Balaban J connectivity index is 1.66. The first-order chi connectivity index (χ1) is 26.4. The van der Waals surface area contributed by atoms with Gasteiger partial charge in [0, 0.05) is 70.0 Å². The van der Waals surface area contributed by atoms with E-state index >= 15 is 5.11 Å². The van der Waals surface area contributed by atoms with Gasteiger partial charge in [0.2, 0.25) is 5.71 Å². The Morgan fingerprint density at radius 1 is 0.704 bits per heavy atom. The molecule has 0 radical (unpaired) electrons. The molecule has 0 saturated carbocycles. The van der Waals surface area contributed by atoms with Gasteiger partial charge in [-0.25, -0.2) is 14.7 Å². The lowest BCUT2D eigenvalue weighted by molar-refractivity contribution is -0.527. The highest BCUT2D eigenvalue weighted by Crippen LogP contribution is 2.56. The lowest BCUT2D eigenvalue weighted by atomic mass is 9.69. The first kappa shape index (κ1) is 36.1. The summed E-state index contributed by atoms with van der Waals surface area (Å²) in [6.45, 7) is 20.4. The van der Waals surface area contributed by atoms with Crippen molar-refractivity contribution in [1.82, 2.24) is 0 Å². The zero-order valence-electron chi connectivity index (χ0n) is 31.6. The van der Waals surface area contributed by atoms with E-state index in [0.717, 1.165) is 102 Å². The molecule has 0 atom stereocenters. The maximum Gasteiger partial charge on any atom is 0.270 e. The van der Waals surface area contributed by atoms with Crippen LogP contribution in [0.1, 0.15) is 81.2 Å².